The number of carbonyl (C=O) groups excluding carboxylic acids is 1. The molecule has 2 rings (SSSR count). The number of nitro benzene ring substituents is 1. The molecule has 1 N–H and O–H groups in total. The summed E-state index contributed by atoms with van der Waals surface area (Å²) in [5.74, 6) is -1.65. The third-order valence-electron chi connectivity index (χ3n) is 3.14. The van der Waals surface area contributed by atoms with Gasteiger partial charge in [0.05, 0.1) is 15.3 Å². The van der Waals surface area contributed by atoms with Gasteiger partial charge in [0.1, 0.15) is 11.6 Å². The van der Waals surface area contributed by atoms with E-state index in [1.165, 1.54) is 30.0 Å². The molecule has 0 radical (unpaired) electrons. The van der Waals surface area contributed by atoms with Gasteiger partial charge in [-0.1, -0.05) is 17.7 Å². The number of amides is 1. The predicted octanol–water partition coefficient (Wildman–Crippen LogP) is 2.24. The van der Waals surface area contributed by atoms with E-state index in [9.17, 15) is 24.8 Å². The fourth-order valence-electron chi connectivity index (χ4n) is 2.15. The van der Waals surface area contributed by atoms with Gasteiger partial charge in [-0.25, -0.2) is 4.79 Å². The number of aliphatic carboxylic acids is 1. The Morgan fingerprint density at radius 3 is 2.76 bits per heavy atom. The number of hydrogen-bond donors (Lipinski definition) is 1. The van der Waals surface area contributed by atoms with Crippen LogP contribution in [0.15, 0.2) is 18.2 Å². The van der Waals surface area contributed by atoms with Crippen molar-refractivity contribution >= 4 is 40.9 Å². The molecule has 1 aliphatic rings. The molecule has 1 fully saturated rings. The normalized spacial score (nSPS) is 21.3. The summed E-state index contributed by atoms with van der Waals surface area (Å²) in [5, 5.41) is 19.8. The van der Waals surface area contributed by atoms with Gasteiger partial charge in [-0.05, 0) is 13.0 Å². The summed E-state index contributed by atoms with van der Waals surface area (Å²) in [7, 11) is 0. The molecule has 1 amide bonds. The molecule has 1 aromatic carbocycles. The number of nitrogens with zero attached hydrogens (tertiary/aromatic N) is 2. The van der Waals surface area contributed by atoms with E-state index >= 15 is 0 Å². The van der Waals surface area contributed by atoms with Crippen LogP contribution >= 0.6 is 23.4 Å². The number of carboxylic acids is 1. The van der Waals surface area contributed by atoms with E-state index in [4.69, 9.17) is 11.6 Å². The van der Waals surface area contributed by atoms with E-state index in [1.54, 1.807) is 6.92 Å². The van der Waals surface area contributed by atoms with Crippen LogP contribution in [0.3, 0.4) is 0 Å². The van der Waals surface area contributed by atoms with Crippen molar-refractivity contribution in [2.45, 2.75) is 18.3 Å². The van der Waals surface area contributed by atoms with Crippen LogP contribution in [-0.2, 0) is 4.79 Å². The quantitative estimate of drug-likeness (QED) is 0.673. The van der Waals surface area contributed by atoms with Gasteiger partial charge in [0.25, 0.3) is 11.6 Å². The van der Waals surface area contributed by atoms with Gasteiger partial charge in [-0.3, -0.25) is 14.9 Å². The number of carboxylic acid groups (broad SMARTS) is 1. The summed E-state index contributed by atoms with van der Waals surface area (Å²) in [5.41, 5.74) is -0.703. The molecule has 112 valence electrons. The summed E-state index contributed by atoms with van der Waals surface area (Å²) < 4.78 is 0. The Labute approximate surface area is 129 Å². The molecule has 1 aliphatic heterocycles. The van der Waals surface area contributed by atoms with Crippen LogP contribution in [0.2, 0.25) is 5.02 Å². The maximum absolute atomic E-state index is 12.6. The Balaban J connectivity index is 2.49. The molecular formula is C12H11ClN2O5S. The van der Waals surface area contributed by atoms with E-state index in [1.807, 2.05) is 0 Å². The molecule has 2 unspecified atom stereocenters. The SMILES string of the molecule is CC1SCC(C(=O)O)N1C(=O)c1c(Cl)cccc1[N+](=O)[O-]. The molecule has 21 heavy (non-hydrogen) atoms. The van der Waals surface area contributed by atoms with Crippen molar-refractivity contribution in [1.29, 1.82) is 0 Å². The lowest BCUT2D eigenvalue weighted by atomic mass is 10.1. The first-order valence-corrected chi connectivity index (χ1v) is 7.37. The number of carbonyl (C=O) groups is 2. The molecule has 9 heteroatoms. The molecule has 1 saturated heterocycles. The predicted molar refractivity (Wildman–Crippen MR) is 77.6 cm³/mol. The molecule has 7 nitrogen and oxygen atoms in total. The third kappa shape index (κ3) is 2.81. The van der Waals surface area contributed by atoms with Gasteiger partial charge in [0.15, 0.2) is 0 Å². The number of hydrogen-bond acceptors (Lipinski definition) is 5. The topological polar surface area (TPSA) is 101 Å². The van der Waals surface area contributed by atoms with Crippen LogP contribution < -0.4 is 0 Å². The second kappa shape index (κ2) is 5.90. The number of thioether (sulfide) groups is 1. The van der Waals surface area contributed by atoms with Crippen molar-refractivity contribution in [2.24, 2.45) is 0 Å². The Kier molecular flexibility index (Phi) is 4.38. The van der Waals surface area contributed by atoms with Crippen molar-refractivity contribution in [3.05, 3.63) is 38.9 Å². The first kappa shape index (κ1) is 15.6. The Bertz CT molecular complexity index is 624. The second-order valence-electron chi connectivity index (χ2n) is 4.39. The molecule has 2 atom stereocenters. The Morgan fingerprint density at radius 1 is 1.52 bits per heavy atom. The lowest BCUT2D eigenvalue weighted by Crippen LogP contribution is -2.45. The monoisotopic (exact) mass is 330 g/mol. The molecule has 1 aromatic rings. The molecule has 0 spiro atoms. The minimum absolute atomic E-state index is 0.0672. The Morgan fingerprint density at radius 2 is 2.19 bits per heavy atom. The summed E-state index contributed by atoms with van der Waals surface area (Å²) in [6, 6.07) is 2.89. The van der Waals surface area contributed by atoms with Crippen molar-refractivity contribution in [2.75, 3.05) is 5.75 Å². The lowest BCUT2D eigenvalue weighted by Gasteiger charge is -2.25. The zero-order valence-electron chi connectivity index (χ0n) is 10.9. The van der Waals surface area contributed by atoms with Crippen LogP contribution in [0.4, 0.5) is 5.69 Å². The molecule has 0 aromatic heterocycles. The van der Waals surface area contributed by atoms with Crippen LogP contribution in [0.5, 0.6) is 0 Å². The summed E-state index contributed by atoms with van der Waals surface area (Å²) >= 11 is 7.21. The fourth-order valence-corrected chi connectivity index (χ4v) is 3.56. The molecule has 0 saturated carbocycles. The van der Waals surface area contributed by atoms with Gasteiger partial charge in [-0.15, -0.1) is 11.8 Å². The van der Waals surface area contributed by atoms with Gasteiger partial charge in [0, 0.05) is 11.8 Å². The summed E-state index contributed by atoms with van der Waals surface area (Å²) in [4.78, 5) is 35.3. The number of rotatable bonds is 3. The van der Waals surface area contributed by atoms with Gasteiger partial charge in [-0.2, -0.15) is 0 Å². The van der Waals surface area contributed by atoms with Crippen molar-refractivity contribution in [1.82, 2.24) is 4.90 Å². The average molecular weight is 331 g/mol. The van der Waals surface area contributed by atoms with E-state index in [0.29, 0.717) is 0 Å². The maximum Gasteiger partial charge on any atom is 0.327 e. The zero-order valence-corrected chi connectivity index (χ0v) is 12.4. The van der Waals surface area contributed by atoms with Gasteiger partial charge in [0.2, 0.25) is 0 Å². The molecule has 1 heterocycles. The zero-order chi connectivity index (χ0) is 15.7. The van der Waals surface area contributed by atoms with E-state index in [2.05, 4.69) is 0 Å². The van der Waals surface area contributed by atoms with Gasteiger partial charge >= 0.3 is 5.97 Å². The molecular weight excluding hydrogens is 320 g/mol. The smallest absolute Gasteiger partial charge is 0.327 e. The van der Waals surface area contributed by atoms with Crippen LogP contribution in [0.25, 0.3) is 0 Å². The molecule has 0 aliphatic carbocycles. The highest BCUT2D eigenvalue weighted by atomic mass is 35.5. The first-order chi connectivity index (χ1) is 9.84. The first-order valence-electron chi connectivity index (χ1n) is 5.94. The second-order valence-corrected chi connectivity index (χ2v) is 6.15. The number of benzene rings is 1. The number of nitro groups is 1. The van der Waals surface area contributed by atoms with Crippen molar-refractivity contribution in [3.63, 3.8) is 0 Å². The van der Waals surface area contributed by atoms with Crippen LogP contribution in [0, 0.1) is 10.1 Å². The summed E-state index contributed by atoms with van der Waals surface area (Å²) in [6.07, 6.45) is 0. The largest absolute Gasteiger partial charge is 0.480 e. The highest BCUT2D eigenvalue weighted by Crippen LogP contribution is 2.34. The van der Waals surface area contributed by atoms with Crippen LogP contribution in [-0.4, -0.2) is 44.0 Å². The fraction of sp³-hybridized carbons (Fsp3) is 0.333. The number of halogens is 1. The van der Waals surface area contributed by atoms with Crippen molar-refractivity contribution < 1.29 is 19.6 Å². The Hall–Kier alpha value is -1.80. The van der Waals surface area contributed by atoms with Gasteiger partial charge < -0.3 is 10.0 Å². The lowest BCUT2D eigenvalue weighted by molar-refractivity contribution is -0.385. The summed E-state index contributed by atoms with van der Waals surface area (Å²) in [6.45, 7) is 1.67. The maximum atomic E-state index is 12.6. The van der Waals surface area contributed by atoms with Crippen LogP contribution in [0.1, 0.15) is 17.3 Å². The minimum atomic E-state index is -1.14. The van der Waals surface area contributed by atoms with E-state index < -0.39 is 33.9 Å². The highest BCUT2D eigenvalue weighted by Gasteiger charge is 2.42. The highest BCUT2D eigenvalue weighted by molar-refractivity contribution is 8.00. The minimum Gasteiger partial charge on any atom is -0.480 e. The van der Waals surface area contributed by atoms with Crippen molar-refractivity contribution in [3.8, 4) is 0 Å². The third-order valence-corrected chi connectivity index (χ3v) is 4.68. The van der Waals surface area contributed by atoms with E-state index in [0.717, 1.165) is 4.90 Å². The molecule has 0 bridgehead atoms. The van der Waals surface area contributed by atoms with E-state index in [-0.39, 0.29) is 16.3 Å². The standard InChI is InChI=1S/C12H11ClN2O5S/c1-6-14(9(5-21-6)12(17)18)11(16)10-7(13)3-2-4-8(10)15(19)20/h2-4,6,9H,5H2,1H3,(H,17,18). The average Bonchev–Trinajstić information content (AvgIpc) is 2.79.